The Morgan fingerprint density at radius 2 is 1.67 bits per heavy atom. The molecular weight excluding hydrogens is 390 g/mol. The molecule has 30 heavy (non-hydrogen) atoms. The van der Waals surface area contributed by atoms with Crippen molar-refractivity contribution < 1.29 is 33.3 Å². The Labute approximate surface area is 175 Å². The van der Waals surface area contributed by atoms with E-state index in [0.717, 1.165) is 5.56 Å². The number of hydrogen-bond donors (Lipinski definition) is 0. The van der Waals surface area contributed by atoms with Crippen LogP contribution in [0, 0.1) is 0 Å². The zero-order valence-electron chi connectivity index (χ0n) is 17.3. The topological polar surface area (TPSA) is 83.5 Å². The van der Waals surface area contributed by atoms with Crippen LogP contribution in [0.4, 0.5) is 0 Å². The number of amides is 1. The lowest BCUT2D eigenvalue weighted by Crippen LogP contribution is -2.34. The largest absolute Gasteiger partial charge is 0.496 e. The first-order valence-corrected chi connectivity index (χ1v) is 9.61. The third-order valence-electron chi connectivity index (χ3n) is 4.67. The minimum Gasteiger partial charge on any atom is -0.496 e. The summed E-state index contributed by atoms with van der Waals surface area (Å²) in [5.41, 5.74) is 1.04. The average molecular weight is 415 g/mol. The molecule has 0 aliphatic carbocycles. The maximum atomic E-state index is 12.6. The van der Waals surface area contributed by atoms with Gasteiger partial charge in [0.05, 0.1) is 14.2 Å². The van der Waals surface area contributed by atoms with Crippen molar-refractivity contribution in [2.75, 3.05) is 40.6 Å². The van der Waals surface area contributed by atoms with Gasteiger partial charge in [-0.1, -0.05) is 12.1 Å². The molecule has 0 unspecified atom stereocenters. The van der Waals surface area contributed by atoms with E-state index in [1.165, 1.54) is 14.2 Å². The molecule has 8 heteroatoms. The predicted octanol–water partition coefficient (Wildman–Crippen LogP) is 2.68. The molecule has 0 bridgehead atoms. The summed E-state index contributed by atoms with van der Waals surface area (Å²) in [6.07, 6.45) is 0. The quantitative estimate of drug-likeness (QED) is 0.613. The molecule has 0 spiro atoms. The summed E-state index contributed by atoms with van der Waals surface area (Å²) in [4.78, 5) is 26.8. The van der Waals surface area contributed by atoms with Crippen LogP contribution >= 0.6 is 0 Å². The summed E-state index contributed by atoms with van der Waals surface area (Å²) < 4.78 is 26.8. The molecule has 2 aromatic rings. The predicted molar refractivity (Wildman–Crippen MR) is 108 cm³/mol. The van der Waals surface area contributed by atoms with Crippen LogP contribution in [0.2, 0.25) is 0 Å². The highest BCUT2D eigenvalue weighted by atomic mass is 16.6. The summed E-state index contributed by atoms with van der Waals surface area (Å²) >= 11 is 0. The van der Waals surface area contributed by atoms with E-state index in [9.17, 15) is 9.59 Å². The standard InChI is InChI=1S/C22H25NO7/c1-4-23(13-15-8-9-16-19(12-15)29-11-10-28-16)20(24)14-30-22(25)21-17(26-2)6-5-7-18(21)27-3/h5-9,12H,4,10-11,13-14H2,1-3H3. The van der Waals surface area contributed by atoms with E-state index >= 15 is 0 Å². The molecule has 0 fully saturated rings. The highest BCUT2D eigenvalue weighted by Gasteiger charge is 2.22. The number of fused-ring (bicyclic) bond motifs is 1. The lowest BCUT2D eigenvalue weighted by Gasteiger charge is -2.23. The van der Waals surface area contributed by atoms with E-state index in [4.69, 9.17) is 23.7 Å². The molecule has 3 rings (SSSR count). The lowest BCUT2D eigenvalue weighted by atomic mass is 10.1. The Morgan fingerprint density at radius 3 is 2.30 bits per heavy atom. The summed E-state index contributed by atoms with van der Waals surface area (Å²) in [5, 5.41) is 0. The van der Waals surface area contributed by atoms with Gasteiger partial charge in [0, 0.05) is 13.1 Å². The minimum atomic E-state index is -0.687. The van der Waals surface area contributed by atoms with Gasteiger partial charge >= 0.3 is 5.97 Å². The van der Waals surface area contributed by atoms with E-state index in [0.29, 0.717) is 49.3 Å². The van der Waals surface area contributed by atoms with E-state index < -0.39 is 12.6 Å². The number of benzene rings is 2. The first-order valence-electron chi connectivity index (χ1n) is 9.61. The molecule has 1 heterocycles. The third kappa shape index (κ3) is 4.76. The number of ether oxygens (including phenoxy) is 5. The average Bonchev–Trinajstić information content (AvgIpc) is 2.79. The lowest BCUT2D eigenvalue weighted by molar-refractivity contribution is -0.135. The molecule has 1 amide bonds. The van der Waals surface area contributed by atoms with E-state index in [1.807, 2.05) is 25.1 Å². The Balaban J connectivity index is 1.64. The number of carbonyl (C=O) groups is 2. The van der Waals surface area contributed by atoms with Gasteiger partial charge in [-0.2, -0.15) is 0 Å². The fourth-order valence-electron chi connectivity index (χ4n) is 3.13. The molecule has 2 aromatic carbocycles. The van der Waals surface area contributed by atoms with Crippen molar-refractivity contribution in [1.82, 2.24) is 4.90 Å². The number of nitrogens with zero attached hydrogens (tertiary/aromatic N) is 1. The zero-order chi connectivity index (χ0) is 21.5. The molecule has 1 aliphatic rings. The van der Waals surface area contributed by atoms with Crippen LogP contribution in [0.25, 0.3) is 0 Å². The van der Waals surface area contributed by atoms with Crippen LogP contribution in [-0.4, -0.2) is 57.4 Å². The van der Waals surface area contributed by atoms with Gasteiger partial charge < -0.3 is 28.6 Å². The summed E-state index contributed by atoms with van der Waals surface area (Å²) in [5.74, 6) is 0.990. The number of hydrogen-bond acceptors (Lipinski definition) is 7. The highest BCUT2D eigenvalue weighted by molar-refractivity contribution is 5.96. The number of likely N-dealkylation sites (N-methyl/N-ethyl adjacent to an activating group) is 1. The van der Waals surface area contributed by atoms with Crippen molar-refractivity contribution >= 4 is 11.9 Å². The number of esters is 1. The Morgan fingerprint density at radius 1 is 1.00 bits per heavy atom. The molecule has 0 atom stereocenters. The van der Waals surface area contributed by atoms with Gasteiger partial charge in [0.15, 0.2) is 18.1 Å². The Hall–Kier alpha value is -3.42. The van der Waals surface area contributed by atoms with Gasteiger partial charge in [-0.15, -0.1) is 0 Å². The summed E-state index contributed by atoms with van der Waals surface area (Å²) in [6, 6.07) is 10.5. The number of carbonyl (C=O) groups excluding carboxylic acids is 2. The van der Waals surface area contributed by atoms with Gasteiger partial charge in [0.2, 0.25) is 0 Å². The monoisotopic (exact) mass is 415 g/mol. The van der Waals surface area contributed by atoms with Crippen LogP contribution in [0.5, 0.6) is 23.0 Å². The Bertz CT molecular complexity index is 890. The first-order chi connectivity index (χ1) is 14.6. The normalized spacial score (nSPS) is 12.1. The number of methoxy groups -OCH3 is 2. The second-order valence-electron chi connectivity index (χ2n) is 6.50. The fraction of sp³-hybridized carbons (Fsp3) is 0.364. The number of rotatable bonds is 8. The van der Waals surface area contributed by atoms with Crippen molar-refractivity contribution in [3.63, 3.8) is 0 Å². The molecule has 0 saturated carbocycles. The molecule has 8 nitrogen and oxygen atoms in total. The molecule has 0 N–H and O–H groups in total. The van der Waals surface area contributed by atoms with Crippen molar-refractivity contribution in [1.29, 1.82) is 0 Å². The van der Waals surface area contributed by atoms with Crippen LogP contribution in [0.15, 0.2) is 36.4 Å². The fourth-order valence-corrected chi connectivity index (χ4v) is 3.13. The molecule has 1 aliphatic heterocycles. The van der Waals surface area contributed by atoms with Crippen molar-refractivity contribution in [2.24, 2.45) is 0 Å². The van der Waals surface area contributed by atoms with Gasteiger partial charge in [0.25, 0.3) is 5.91 Å². The van der Waals surface area contributed by atoms with E-state index in [-0.39, 0.29) is 11.5 Å². The van der Waals surface area contributed by atoms with Crippen LogP contribution < -0.4 is 18.9 Å². The molecule has 0 radical (unpaired) electrons. The van der Waals surface area contributed by atoms with Gasteiger partial charge in [0.1, 0.15) is 30.3 Å². The minimum absolute atomic E-state index is 0.144. The zero-order valence-corrected chi connectivity index (χ0v) is 17.3. The maximum absolute atomic E-state index is 12.6. The first kappa shape index (κ1) is 21.3. The summed E-state index contributed by atoms with van der Waals surface area (Å²) in [7, 11) is 2.89. The van der Waals surface area contributed by atoms with Gasteiger partial charge in [-0.25, -0.2) is 4.79 Å². The van der Waals surface area contributed by atoms with Crippen LogP contribution in [0.1, 0.15) is 22.8 Å². The Kier molecular flexibility index (Phi) is 7.00. The van der Waals surface area contributed by atoms with Gasteiger partial charge in [-0.3, -0.25) is 4.79 Å². The molecular formula is C22H25NO7. The van der Waals surface area contributed by atoms with Crippen LogP contribution in [-0.2, 0) is 16.1 Å². The second kappa shape index (κ2) is 9.87. The van der Waals surface area contributed by atoms with E-state index in [1.54, 1.807) is 23.1 Å². The second-order valence-corrected chi connectivity index (χ2v) is 6.50. The molecule has 0 aromatic heterocycles. The van der Waals surface area contributed by atoms with Crippen molar-refractivity contribution in [3.8, 4) is 23.0 Å². The van der Waals surface area contributed by atoms with Crippen LogP contribution in [0.3, 0.4) is 0 Å². The van der Waals surface area contributed by atoms with Crippen molar-refractivity contribution in [2.45, 2.75) is 13.5 Å². The van der Waals surface area contributed by atoms with E-state index in [2.05, 4.69) is 0 Å². The van der Waals surface area contributed by atoms with Crippen molar-refractivity contribution in [3.05, 3.63) is 47.5 Å². The molecule has 160 valence electrons. The molecule has 0 saturated heterocycles. The SMILES string of the molecule is CCN(Cc1ccc2c(c1)OCCO2)C(=O)COC(=O)c1c(OC)cccc1OC. The van der Waals surface area contributed by atoms with Gasteiger partial charge in [-0.05, 0) is 36.8 Å². The third-order valence-corrected chi connectivity index (χ3v) is 4.67. The highest BCUT2D eigenvalue weighted by Crippen LogP contribution is 2.31. The maximum Gasteiger partial charge on any atom is 0.346 e. The smallest absolute Gasteiger partial charge is 0.346 e. The summed E-state index contributed by atoms with van der Waals surface area (Å²) in [6.45, 7) is 3.31.